The monoisotopic (exact) mass is 297 g/mol. The number of hydrogen-bond acceptors (Lipinski definition) is 1. The Kier molecular flexibility index (Phi) is 3.47. The topological polar surface area (TPSA) is 20.3 Å². The first-order chi connectivity index (χ1) is 8.29. The van der Waals surface area contributed by atoms with Gasteiger partial charge in [-0.05, 0) is 18.2 Å². The third kappa shape index (κ3) is 2.57. The smallest absolute Gasteiger partial charge is 0.311 e. The van der Waals surface area contributed by atoms with Gasteiger partial charge < -0.3 is 4.90 Å². The molecule has 18 heavy (non-hydrogen) atoms. The molecular formula is C11H8Cl2F3NO. The van der Waals surface area contributed by atoms with Gasteiger partial charge in [0.1, 0.15) is 0 Å². The lowest BCUT2D eigenvalue weighted by Crippen LogP contribution is -2.25. The van der Waals surface area contributed by atoms with Crippen LogP contribution in [-0.2, 0) is 11.0 Å². The summed E-state index contributed by atoms with van der Waals surface area (Å²) in [4.78, 5) is 12.8. The number of benzene rings is 1. The number of hydrogen-bond donors (Lipinski definition) is 0. The first-order valence-corrected chi connectivity index (χ1v) is 5.91. The minimum absolute atomic E-state index is 0.130. The number of nitrogens with zero attached hydrogens (tertiary/aromatic N) is 1. The summed E-state index contributed by atoms with van der Waals surface area (Å²) in [5, 5.41) is -0.761. The zero-order chi connectivity index (χ0) is 13.5. The molecule has 1 aliphatic heterocycles. The number of carbonyl (C=O) groups is 1. The van der Waals surface area contributed by atoms with Crippen molar-refractivity contribution >= 4 is 34.8 Å². The molecule has 1 saturated heterocycles. The molecule has 0 aromatic heterocycles. The third-order valence-corrected chi connectivity index (χ3v) is 3.27. The zero-order valence-corrected chi connectivity index (χ0v) is 10.5. The van der Waals surface area contributed by atoms with Gasteiger partial charge in [-0.1, -0.05) is 11.6 Å². The lowest BCUT2D eigenvalue weighted by atomic mass is 10.2. The molecule has 1 aromatic carbocycles. The molecule has 0 aliphatic carbocycles. The molecule has 1 unspecified atom stereocenters. The maximum atomic E-state index is 12.7. The number of anilines is 1. The summed E-state index contributed by atoms with van der Waals surface area (Å²) in [6, 6.07) is 3.38. The molecule has 0 spiro atoms. The Hall–Kier alpha value is -0.940. The van der Waals surface area contributed by atoms with E-state index in [0.717, 1.165) is 12.1 Å². The maximum absolute atomic E-state index is 12.7. The van der Waals surface area contributed by atoms with Crippen LogP contribution in [-0.4, -0.2) is 17.8 Å². The summed E-state index contributed by atoms with van der Waals surface area (Å²) in [6.07, 6.45) is -4.41. The number of alkyl halides is 4. The van der Waals surface area contributed by atoms with Gasteiger partial charge in [0.15, 0.2) is 0 Å². The van der Waals surface area contributed by atoms with Gasteiger partial charge in [0.05, 0.1) is 16.0 Å². The van der Waals surface area contributed by atoms with Gasteiger partial charge in [-0.25, -0.2) is 0 Å². The number of carbonyl (C=O) groups excluding carboxylic acids is 1. The molecule has 1 atom stereocenters. The number of halogens is 5. The summed E-state index contributed by atoms with van der Waals surface area (Å²) in [6.45, 7) is 0.208. The average molecular weight is 298 g/mol. The average Bonchev–Trinajstić information content (AvgIpc) is 2.57. The van der Waals surface area contributed by atoms with Crippen molar-refractivity contribution in [3.8, 4) is 0 Å². The maximum Gasteiger partial charge on any atom is 0.417 e. The predicted octanol–water partition coefficient (Wildman–Crippen LogP) is 3.70. The van der Waals surface area contributed by atoms with Gasteiger partial charge in [-0.2, -0.15) is 13.2 Å². The number of amides is 1. The van der Waals surface area contributed by atoms with Gasteiger partial charge in [0, 0.05) is 18.7 Å². The normalized spacial score (nSPS) is 20.6. The molecule has 0 bridgehead atoms. The van der Waals surface area contributed by atoms with Crippen molar-refractivity contribution in [2.45, 2.75) is 18.0 Å². The van der Waals surface area contributed by atoms with Crippen LogP contribution in [0.15, 0.2) is 18.2 Å². The zero-order valence-electron chi connectivity index (χ0n) is 8.97. The fraction of sp³-hybridized carbons (Fsp3) is 0.364. The van der Waals surface area contributed by atoms with Gasteiger partial charge in [-0.3, -0.25) is 4.79 Å². The van der Waals surface area contributed by atoms with Crippen LogP contribution in [0.5, 0.6) is 0 Å². The molecule has 1 aliphatic rings. The van der Waals surface area contributed by atoms with Crippen LogP contribution in [0.4, 0.5) is 18.9 Å². The molecule has 0 N–H and O–H groups in total. The Bertz CT molecular complexity index is 490. The summed E-state index contributed by atoms with van der Waals surface area (Å²) in [5.74, 6) is -0.287. The van der Waals surface area contributed by atoms with E-state index >= 15 is 0 Å². The van der Waals surface area contributed by atoms with E-state index < -0.39 is 11.7 Å². The lowest BCUT2D eigenvalue weighted by molar-refractivity contribution is -0.137. The van der Waals surface area contributed by atoms with E-state index in [9.17, 15) is 18.0 Å². The Balaban J connectivity index is 2.39. The van der Waals surface area contributed by atoms with Crippen molar-refractivity contribution in [1.29, 1.82) is 0 Å². The van der Waals surface area contributed by atoms with Gasteiger partial charge in [-0.15, -0.1) is 11.6 Å². The highest BCUT2D eigenvalue weighted by Gasteiger charge is 2.35. The van der Waals surface area contributed by atoms with Crippen molar-refractivity contribution in [3.05, 3.63) is 28.8 Å². The summed E-state index contributed by atoms with van der Waals surface area (Å²) in [7, 11) is 0. The van der Waals surface area contributed by atoms with E-state index in [1.165, 1.54) is 11.0 Å². The molecule has 2 nitrogen and oxygen atoms in total. The van der Waals surface area contributed by atoms with E-state index in [0.29, 0.717) is 0 Å². The summed E-state index contributed by atoms with van der Waals surface area (Å²) >= 11 is 11.3. The van der Waals surface area contributed by atoms with Crippen LogP contribution in [0.25, 0.3) is 0 Å². The standard InChI is InChI=1S/C11H8Cl2F3NO/c12-6-3-10(18)17(5-6)7-1-2-9(13)8(4-7)11(14,15)16/h1-2,4,6H,3,5H2. The molecule has 7 heteroatoms. The molecule has 1 heterocycles. The quantitative estimate of drug-likeness (QED) is 0.724. The van der Waals surface area contributed by atoms with E-state index in [1.807, 2.05) is 0 Å². The first kappa shape index (κ1) is 13.5. The summed E-state index contributed by atoms with van der Waals surface area (Å²) < 4.78 is 38.0. The molecule has 1 amide bonds. The van der Waals surface area contributed by atoms with Gasteiger partial charge in [0.2, 0.25) is 5.91 Å². The Morgan fingerprint density at radius 2 is 2.00 bits per heavy atom. The fourth-order valence-corrected chi connectivity index (χ4v) is 2.31. The largest absolute Gasteiger partial charge is 0.417 e. The Morgan fingerprint density at radius 3 is 2.50 bits per heavy atom. The van der Waals surface area contributed by atoms with Crippen LogP contribution in [0.1, 0.15) is 12.0 Å². The van der Waals surface area contributed by atoms with Crippen molar-refractivity contribution < 1.29 is 18.0 Å². The highest BCUT2D eigenvalue weighted by molar-refractivity contribution is 6.31. The third-order valence-electron chi connectivity index (χ3n) is 2.64. The second-order valence-electron chi connectivity index (χ2n) is 3.97. The van der Waals surface area contributed by atoms with Crippen molar-refractivity contribution in [2.75, 3.05) is 11.4 Å². The van der Waals surface area contributed by atoms with Crippen molar-refractivity contribution in [2.24, 2.45) is 0 Å². The highest BCUT2D eigenvalue weighted by Crippen LogP contribution is 2.37. The molecular weight excluding hydrogens is 290 g/mol. The molecule has 1 fully saturated rings. The van der Waals surface area contributed by atoms with Crippen LogP contribution in [0, 0.1) is 0 Å². The highest BCUT2D eigenvalue weighted by atomic mass is 35.5. The van der Waals surface area contributed by atoms with Crippen molar-refractivity contribution in [3.63, 3.8) is 0 Å². The van der Waals surface area contributed by atoms with E-state index in [-0.39, 0.29) is 35.0 Å². The Morgan fingerprint density at radius 1 is 1.33 bits per heavy atom. The number of rotatable bonds is 1. The predicted molar refractivity (Wildman–Crippen MR) is 63.1 cm³/mol. The van der Waals surface area contributed by atoms with Gasteiger partial charge >= 0.3 is 6.18 Å². The van der Waals surface area contributed by atoms with Crippen LogP contribution < -0.4 is 4.90 Å². The fourth-order valence-electron chi connectivity index (χ4n) is 1.81. The SMILES string of the molecule is O=C1CC(Cl)CN1c1ccc(Cl)c(C(F)(F)F)c1. The van der Waals surface area contributed by atoms with E-state index in [1.54, 1.807) is 0 Å². The van der Waals surface area contributed by atoms with Crippen LogP contribution in [0.2, 0.25) is 5.02 Å². The molecule has 2 rings (SSSR count). The summed E-state index contributed by atoms with van der Waals surface area (Å²) in [5.41, 5.74) is -0.785. The minimum atomic E-state index is -4.55. The van der Waals surface area contributed by atoms with Crippen LogP contribution >= 0.6 is 23.2 Å². The first-order valence-electron chi connectivity index (χ1n) is 5.10. The molecule has 98 valence electrons. The minimum Gasteiger partial charge on any atom is -0.311 e. The second-order valence-corrected chi connectivity index (χ2v) is 4.99. The van der Waals surface area contributed by atoms with E-state index in [2.05, 4.69) is 0 Å². The molecule has 0 radical (unpaired) electrons. The molecule has 0 saturated carbocycles. The van der Waals surface area contributed by atoms with Crippen LogP contribution in [0.3, 0.4) is 0 Å². The van der Waals surface area contributed by atoms with Gasteiger partial charge in [0.25, 0.3) is 0 Å². The molecule has 1 aromatic rings. The van der Waals surface area contributed by atoms with Crippen molar-refractivity contribution in [1.82, 2.24) is 0 Å². The lowest BCUT2D eigenvalue weighted by Gasteiger charge is -2.18. The van der Waals surface area contributed by atoms with E-state index in [4.69, 9.17) is 23.2 Å². The Labute approximate surface area is 111 Å². The second kappa shape index (κ2) is 4.63.